The van der Waals surface area contributed by atoms with E-state index in [-0.39, 0.29) is 6.23 Å². The molecule has 48 valence electrons. The fourth-order valence-corrected chi connectivity index (χ4v) is 0.751. The second-order valence-electron chi connectivity index (χ2n) is 1.85. The summed E-state index contributed by atoms with van der Waals surface area (Å²) in [5, 5.41) is 6.22. The number of hydrogen-bond acceptors (Lipinski definition) is 3. The van der Waals surface area contributed by atoms with Gasteiger partial charge in [-0.15, -0.1) is 0 Å². The monoisotopic (exact) mass is 116 g/mol. The molecule has 0 aromatic rings. The summed E-state index contributed by atoms with van der Waals surface area (Å²) in [6.45, 7) is 2.74. The van der Waals surface area contributed by atoms with Gasteiger partial charge in [0.25, 0.3) is 0 Å². The third kappa shape index (κ3) is 1.43. The zero-order valence-corrected chi connectivity index (χ0v) is 5.11. The maximum absolute atomic E-state index is 5.25. The topological polar surface area (TPSA) is 33.3 Å². The molecule has 8 heavy (non-hydrogen) atoms. The molecule has 0 spiro atoms. The normalized spacial score (nSPS) is 30.4. The van der Waals surface area contributed by atoms with Gasteiger partial charge in [-0.1, -0.05) is 0 Å². The molecule has 0 amide bonds. The van der Waals surface area contributed by atoms with Crippen LogP contribution in [0.2, 0.25) is 0 Å². The van der Waals surface area contributed by atoms with Crippen LogP contribution in [0.1, 0.15) is 0 Å². The average Bonchev–Trinajstić information content (AvgIpc) is 1.90. The van der Waals surface area contributed by atoms with Crippen LogP contribution in [0.4, 0.5) is 0 Å². The first-order chi connectivity index (χ1) is 3.93. The zero-order valence-electron chi connectivity index (χ0n) is 5.11. The highest BCUT2D eigenvalue weighted by Gasteiger charge is 2.08. The highest BCUT2D eigenvalue weighted by Crippen LogP contribution is 1.88. The van der Waals surface area contributed by atoms with Crippen molar-refractivity contribution < 1.29 is 4.74 Å². The van der Waals surface area contributed by atoms with E-state index in [1.807, 2.05) is 7.05 Å². The smallest absolute Gasteiger partial charge is 0.120 e. The molecule has 1 fully saturated rings. The molecule has 3 nitrogen and oxygen atoms in total. The van der Waals surface area contributed by atoms with Crippen LogP contribution in [0.15, 0.2) is 0 Å². The standard InChI is InChI=1S/C5H12N2O/c1-6-5-4-7-2-3-8-5/h5-7H,2-4H2,1H3/t5-/m0/s1. The van der Waals surface area contributed by atoms with Crippen LogP contribution < -0.4 is 10.6 Å². The SMILES string of the molecule is CN[C@@H]1CNCCO1. The van der Waals surface area contributed by atoms with Crippen molar-refractivity contribution in [3.63, 3.8) is 0 Å². The number of rotatable bonds is 1. The lowest BCUT2D eigenvalue weighted by Gasteiger charge is -2.22. The Labute approximate surface area is 49.4 Å². The molecule has 2 N–H and O–H groups in total. The van der Waals surface area contributed by atoms with Gasteiger partial charge in [-0.3, -0.25) is 5.32 Å². The molecule has 0 aromatic heterocycles. The summed E-state index contributed by atoms with van der Waals surface area (Å²) in [5.74, 6) is 0. The van der Waals surface area contributed by atoms with Crippen molar-refractivity contribution in [3.8, 4) is 0 Å². The molecular weight excluding hydrogens is 104 g/mol. The van der Waals surface area contributed by atoms with Crippen LogP contribution in [0, 0.1) is 0 Å². The Kier molecular flexibility index (Phi) is 2.27. The molecule has 0 bridgehead atoms. The molecular formula is C5H12N2O. The summed E-state index contributed by atoms with van der Waals surface area (Å²) < 4.78 is 5.25. The van der Waals surface area contributed by atoms with Gasteiger partial charge in [0.2, 0.25) is 0 Å². The molecule has 1 saturated heterocycles. The van der Waals surface area contributed by atoms with Crippen molar-refractivity contribution in [2.45, 2.75) is 6.23 Å². The van der Waals surface area contributed by atoms with Gasteiger partial charge in [-0.05, 0) is 7.05 Å². The molecule has 1 atom stereocenters. The van der Waals surface area contributed by atoms with Crippen molar-refractivity contribution in [3.05, 3.63) is 0 Å². The first kappa shape index (κ1) is 6.01. The summed E-state index contributed by atoms with van der Waals surface area (Å²) in [5.41, 5.74) is 0. The largest absolute Gasteiger partial charge is 0.361 e. The Morgan fingerprint density at radius 2 is 2.62 bits per heavy atom. The predicted molar refractivity (Wildman–Crippen MR) is 31.7 cm³/mol. The maximum atomic E-state index is 5.25. The number of likely N-dealkylation sites (N-methyl/N-ethyl adjacent to an activating group) is 1. The predicted octanol–water partition coefficient (Wildman–Crippen LogP) is -0.848. The van der Waals surface area contributed by atoms with Crippen molar-refractivity contribution in [2.24, 2.45) is 0 Å². The minimum absolute atomic E-state index is 0.226. The third-order valence-corrected chi connectivity index (χ3v) is 1.25. The van der Waals surface area contributed by atoms with Gasteiger partial charge in [-0.25, -0.2) is 0 Å². The molecule has 1 heterocycles. The van der Waals surface area contributed by atoms with Crippen LogP contribution in [0.3, 0.4) is 0 Å². The molecule has 0 radical (unpaired) electrons. The van der Waals surface area contributed by atoms with Gasteiger partial charge < -0.3 is 10.1 Å². The summed E-state index contributed by atoms with van der Waals surface area (Å²) in [6, 6.07) is 0. The molecule has 0 unspecified atom stereocenters. The molecule has 1 aliphatic rings. The minimum atomic E-state index is 0.226. The molecule has 0 aliphatic carbocycles. The van der Waals surface area contributed by atoms with E-state index in [4.69, 9.17) is 4.74 Å². The highest BCUT2D eigenvalue weighted by atomic mass is 16.5. The lowest BCUT2D eigenvalue weighted by molar-refractivity contribution is 0.0120. The summed E-state index contributed by atoms with van der Waals surface area (Å²) in [6.07, 6.45) is 0.226. The maximum Gasteiger partial charge on any atom is 0.120 e. The first-order valence-electron chi connectivity index (χ1n) is 2.93. The first-order valence-corrected chi connectivity index (χ1v) is 2.93. The Bertz CT molecular complexity index is 61.4. The number of hydrogen-bond donors (Lipinski definition) is 2. The number of nitrogens with one attached hydrogen (secondary N) is 2. The van der Waals surface area contributed by atoms with Crippen molar-refractivity contribution in [1.29, 1.82) is 0 Å². The van der Waals surface area contributed by atoms with Gasteiger partial charge in [0.1, 0.15) is 6.23 Å². The zero-order chi connectivity index (χ0) is 5.82. The summed E-state index contributed by atoms with van der Waals surface area (Å²) in [4.78, 5) is 0. The lowest BCUT2D eigenvalue weighted by Crippen LogP contribution is -2.45. The Morgan fingerprint density at radius 3 is 3.00 bits per heavy atom. The molecule has 0 saturated carbocycles. The van der Waals surface area contributed by atoms with Crippen LogP contribution in [-0.4, -0.2) is 33.0 Å². The van der Waals surface area contributed by atoms with Gasteiger partial charge in [0.05, 0.1) is 6.61 Å². The van der Waals surface area contributed by atoms with Crippen LogP contribution in [0.25, 0.3) is 0 Å². The fraction of sp³-hybridized carbons (Fsp3) is 1.00. The van der Waals surface area contributed by atoms with E-state index >= 15 is 0 Å². The van der Waals surface area contributed by atoms with E-state index in [9.17, 15) is 0 Å². The second-order valence-corrected chi connectivity index (χ2v) is 1.85. The van der Waals surface area contributed by atoms with E-state index in [1.165, 1.54) is 0 Å². The Balaban J connectivity index is 2.13. The van der Waals surface area contributed by atoms with E-state index in [0.29, 0.717) is 0 Å². The van der Waals surface area contributed by atoms with E-state index < -0.39 is 0 Å². The number of morpholine rings is 1. The Morgan fingerprint density at radius 1 is 1.75 bits per heavy atom. The summed E-state index contributed by atoms with van der Waals surface area (Å²) in [7, 11) is 1.90. The number of ether oxygens (including phenoxy) is 1. The van der Waals surface area contributed by atoms with Crippen LogP contribution in [-0.2, 0) is 4.74 Å². The van der Waals surface area contributed by atoms with E-state index in [1.54, 1.807) is 0 Å². The van der Waals surface area contributed by atoms with Crippen molar-refractivity contribution >= 4 is 0 Å². The second kappa shape index (κ2) is 3.02. The molecule has 0 aromatic carbocycles. The van der Waals surface area contributed by atoms with Crippen LogP contribution in [0.5, 0.6) is 0 Å². The van der Waals surface area contributed by atoms with E-state index in [2.05, 4.69) is 10.6 Å². The molecule has 3 heteroatoms. The minimum Gasteiger partial charge on any atom is -0.361 e. The van der Waals surface area contributed by atoms with Gasteiger partial charge >= 0.3 is 0 Å². The molecule has 1 aliphatic heterocycles. The highest BCUT2D eigenvalue weighted by molar-refractivity contribution is 4.61. The Hall–Kier alpha value is -0.120. The van der Waals surface area contributed by atoms with Gasteiger partial charge in [-0.2, -0.15) is 0 Å². The van der Waals surface area contributed by atoms with Crippen molar-refractivity contribution in [1.82, 2.24) is 10.6 Å². The van der Waals surface area contributed by atoms with Crippen molar-refractivity contribution in [2.75, 3.05) is 26.7 Å². The van der Waals surface area contributed by atoms with Gasteiger partial charge in [0, 0.05) is 13.1 Å². The molecule has 1 rings (SSSR count). The van der Waals surface area contributed by atoms with Crippen LogP contribution >= 0.6 is 0 Å². The van der Waals surface area contributed by atoms with Gasteiger partial charge in [0.15, 0.2) is 0 Å². The quantitative estimate of drug-likeness (QED) is 0.468. The summed E-state index contributed by atoms with van der Waals surface area (Å²) >= 11 is 0. The third-order valence-electron chi connectivity index (χ3n) is 1.25. The lowest BCUT2D eigenvalue weighted by atomic mass is 10.4. The average molecular weight is 116 g/mol. The fourth-order valence-electron chi connectivity index (χ4n) is 0.751. The van der Waals surface area contributed by atoms with E-state index in [0.717, 1.165) is 19.7 Å².